The van der Waals surface area contributed by atoms with Gasteiger partial charge in [0.25, 0.3) is 12.0 Å². The molecule has 1 aromatic carbocycles. The normalized spacial score (nSPS) is 21.9. The number of halogens is 3. The van der Waals surface area contributed by atoms with Crippen molar-refractivity contribution in [3.63, 3.8) is 0 Å². The molecule has 43 heavy (non-hydrogen) atoms. The number of alkyl halides is 2. The molecule has 7 rings (SSSR count). The fraction of sp³-hybridized carbons (Fsp3) is 0.483. The Hall–Kier alpha value is -4.20. The van der Waals surface area contributed by atoms with E-state index in [1.54, 1.807) is 4.68 Å². The van der Waals surface area contributed by atoms with E-state index in [0.29, 0.717) is 11.0 Å². The van der Waals surface area contributed by atoms with Gasteiger partial charge in [-0.05, 0) is 55.4 Å². The molecule has 1 amide bonds. The number of anilines is 1. The Balaban J connectivity index is 1.00. The summed E-state index contributed by atoms with van der Waals surface area (Å²) in [5, 5.41) is 19.4. The van der Waals surface area contributed by atoms with Gasteiger partial charge in [0.15, 0.2) is 5.65 Å². The van der Waals surface area contributed by atoms with Crippen LogP contribution in [0.3, 0.4) is 0 Å². The van der Waals surface area contributed by atoms with Gasteiger partial charge in [0.05, 0.1) is 30.5 Å². The smallest absolute Gasteiger partial charge is 0.264 e. The molecule has 3 aromatic heterocycles. The van der Waals surface area contributed by atoms with Crippen molar-refractivity contribution in [3.05, 3.63) is 65.4 Å². The van der Waals surface area contributed by atoms with E-state index in [0.717, 1.165) is 47.6 Å². The van der Waals surface area contributed by atoms with E-state index >= 15 is 0 Å². The first-order valence-electron chi connectivity index (χ1n) is 14.4. The molecular weight excluding hydrogens is 565 g/mol. The Morgan fingerprint density at radius 3 is 2.42 bits per heavy atom. The zero-order valence-corrected chi connectivity index (χ0v) is 23.3. The SMILES string of the molecule is O=C(C[C@H](C(F)F)n1ccc(F)n1)N1CCC(O)(Cn2cnc3c(cnn3-c3ccc(N4CC5CC5C4)cc3)c2=O)CC1. The fourth-order valence-corrected chi connectivity index (χ4v) is 6.42. The van der Waals surface area contributed by atoms with Crippen LogP contribution in [0, 0.1) is 17.8 Å². The molecule has 2 saturated heterocycles. The Labute approximate surface area is 244 Å². The molecule has 2 aliphatic heterocycles. The molecule has 1 saturated carbocycles. The first kappa shape index (κ1) is 27.6. The number of aliphatic hydroxyl groups is 1. The summed E-state index contributed by atoms with van der Waals surface area (Å²) in [6, 6.07) is 7.41. The number of amides is 1. The van der Waals surface area contributed by atoms with Gasteiger partial charge in [-0.25, -0.2) is 18.4 Å². The van der Waals surface area contributed by atoms with Gasteiger partial charge in [-0.1, -0.05) is 0 Å². The van der Waals surface area contributed by atoms with Gasteiger partial charge in [-0.2, -0.15) is 9.49 Å². The van der Waals surface area contributed by atoms with E-state index in [2.05, 4.69) is 32.2 Å². The zero-order chi connectivity index (χ0) is 29.9. The maximum absolute atomic E-state index is 13.6. The van der Waals surface area contributed by atoms with Crippen LogP contribution >= 0.6 is 0 Å². The highest BCUT2D eigenvalue weighted by molar-refractivity contribution is 5.77. The van der Waals surface area contributed by atoms with Crippen LogP contribution in [0.15, 0.2) is 53.8 Å². The fourth-order valence-electron chi connectivity index (χ4n) is 6.42. The van der Waals surface area contributed by atoms with Crippen LogP contribution in [-0.2, 0) is 11.3 Å². The van der Waals surface area contributed by atoms with Crippen molar-refractivity contribution in [2.45, 2.75) is 50.3 Å². The molecule has 1 aliphatic carbocycles. The summed E-state index contributed by atoms with van der Waals surface area (Å²) in [6.07, 6.45) is 2.10. The maximum Gasteiger partial charge on any atom is 0.264 e. The third kappa shape index (κ3) is 5.28. The largest absolute Gasteiger partial charge is 0.388 e. The molecule has 226 valence electrons. The Morgan fingerprint density at radius 2 is 1.77 bits per heavy atom. The number of rotatable bonds is 8. The number of carbonyl (C=O) groups is 1. The predicted molar refractivity (Wildman–Crippen MR) is 150 cm³/mol. The number of benzene rings is 1. The molecule has 3 fully saturated rings. The summed E-state index contributed by atoms with van der Waals surface area (Å²) in [4.78, 5) is 34.4. The van der Waals surface area contributed by atoms with Gasteiger partial charge in [-0.15, -0.1) is 5.10 Å². The maximum atomic E-state index is 13.6. The monoisotopic (exact) mass is 596 g/mol. The lowest BCUT2D eigenvalue weighted by atomic mass is 9.91. The molecule has 5 heterocycles. The van der Waals surface area contributed by atoms with Gasteiger partial charge in [0.1, 0.15) is 17.8 Å². The van der Waals surface area contributed by atoms with Crippen LogP contribution in [0.5, 0.6) is 0 Å². The van der Waals surface area contributed by atoms with Crippen LogP contribution in [0.1, 0.15) is 31.7 Å². The molecular formula is C29H31F3N8O3. The number of aromatic nitrogens is 6. The van der Waals surface area contributed by atoms with E-state index in [1.807, 2.05) is 12.1 Å². The Morgan fingerprint density at radius 1 is 1.07 bits per heavy atom. The third-order valence-corrected chi connectivity index (χ3v) is 9.09. The molecule has 14 heteroatoms. The number of carbonyl (C=O) groups excluding carboxylic acids is 1. The van der Waals surface area contributed by atoms with Crippen molar-refractivity contribution in [2.75, 3.05) is 31.1 Å². The average molecular weight is 597 g/mol. The standard InChI is InChI=1S/C29H31F3N8O3/c30-24-5-8-39(35-24)23(26(31)32)12-25(41)36-9-6-29(43,7-10-36)16-38-17-33-27-22(28(38)42)13-34-40(27)21-3-1-20(2-4-21)37-14-18-11-19(18)15-37/h1-5,8,13,17-19,23,26,43H,6-7,9-12,14-16H2/t18?,19?,23-/m1/s1. The molecule has 3 atom stereocenters. The minimum absolute atomic E-state index is 0.0409. The highest BCUT2D eigenvalue weighted by Crippen LogP contribution is 2.46. The van der Waals surface area contributed by atoms with E-state index in [1.165, 1.54) is 34.1 Å². The van der Waals surface area contributed by atoms with Gasteiger partial charge < -0.3 is 14.9 Å². The number of fused-ring (bicyclic) bond motifs is 2. The summed E-state index contributed by atoms with van der Waals surface area (Å²) in [5.41, 5.74) is 0.725. The molecule has 3 aliphatic rings. The summed E-state index contributed by atoms with van der Waals surface area (Å²) in [7, 11) is 0. The zero-order valence-electron chi connectivity index (χ0n) is 23.3. The topological polar surface area (TPSA) is 114 Å². The molecule has 0 spiro atoms. The minimum Gasteiger partial charge on any atom is -0.388 e. The molecule has 2 unspecified atom stereocenters. The van der Waals surface area contributed by atoms with Crippen LogP contribution in [0.4, 0.5) is 18.9 Å². The van der Waals surface area contributed by atoms with Crippen molar-refractivity contribution >= 4 is 22.6 Å². The van der Waals surface area contributed by atoms with E-state index in [9.17, 15) is 27.9 Å². The number of piperidine rings is 2. The number of nitrogens with zero attached hydrogens (tertiary/aromatic N) is 8. The van der Waals surface area contributed by atoms with Crippen molar-refractivity contribution in [1.82, 2.24) is 34.0 Å². The first-order chi connectivity index (χ1) is 20.7. The molecule has 1 N–H and O–H groups in total. The molecule has 0 bridgehead atoms. The highest BCUT2D eigenvalue weighted by atomic mass is 19.3. The van der Waals surface area contributed by atoms with Crippen LogP contribution in [0.25, 0.3) is 16.7 Å². The number of hydrogen-bond acceptors (Lipinski definition) is 7. The molecule has 11 nitrogen and oxygen atoms in total. The summed E-state index contributed by atoms with van der Waals surface area (Å²) >= 11 is 0. The number of hydrogen-bond donors (Lipinski definition) is 1. The quantitative estimate of drug-likeness (QED) is 0.333. The van der Waals surface area contributed by atoms with Crippen molar-refractivity contribution in [3.8, 4) is 5.69 Å². The summed E-state index contributed by atoms with van der Waals surface area (Å²) in [6.45, 7) is 2.40. The lowest BCUT2D eigenvalue weighted by Gasteiger charge is -2.38. The predicted octanol–water partition coefficient (Wildman–Crippen LogP) is 2.62. The van der Waals surface area contributed by atoms with Gasteiger partial charge in [0, 0.05) is 44.1 Å². The van der Waals surface area contributed by atoms with Gasteiger partial charge in [-0.3, -0.25) is 18.8 Å². The van der Waals surface area contributed by atoms with Crippen LogP contribution in [0.2, 0.25) is 0 Å². The highest BCUT2D eigenvalue weighted by Gasteiger charge is 2.45. The second-order valence-electron chi connectivity index (χ2n) is 12.0. The van der Waals surface area contributed by atoms with Crippen LogP contribution in [-0.4, -0.2) is 83.2 Å². The number of likely N-dealkylation sites (tertiary alicyclic amines) is 1. The Bertz CT molecular complexity index is 1700. The lowest BCUT2D eigenvalue weighted by Crippen LogP contribution is -2.50. The lowest BCUT2D eigenvalue weighted by molar-refractivity contribution is -0.138. The van der Waals surface area contributed by atoms with Crippen molar-refractivity contribution in [2.24, 2.45) is 11.8 Å². The van der Waals surface area contributed by atoms with E-state index in [-0.39, 0.29) is 38.0 Å². The van der Waals surface area contributed by atoms with Gasteiger partial charge in [0.2, 0.25) is 11.9 Å². The molecule has 0 radical (unpaired) electrons. The van der Waals surface area contributed by atoms with E-state index in [4.69, 9.17) is 0 Å². The van der Waals surface area contributed by atoms with Gasteiger partial charge >= 0.3 is 0 Å². The van der Waals surface area contributed by atoms with Crippen molar-refractivity contribution < 1.29 is 23.1 Å². The average Bonchev–Trinajstić information content (AvgIpc) is 3.33. The first-order valence-corrected chi connectivity index (χ1v) is 14.4. The second kappa shape index (κ2) is 10.5. The minimum atomic E-state index is -2.91. The third-order valence-electron chi connectivity index (χ3n) is 9.09. The van der Waals surface area contributed by atoms with E-state index < -0.39 is 36.3 Å². The summed E-state index contributed by atoms with van der Waals surface area (Å²) < 4.78 is 44.1. The molecule has 4 aromatic rings. The van der Waals surface area contributed by atoms with Crippen molar-refractivity contribution in [1.29, 1.82) is 0 Å². The Kier molecular flexibility index (Phi) is 6.75. The van der Waals surface area contributed by atoms with Crippen LogP contribution < -0.4 is 10.5 Å². The second-order valence-corrected chi connectivity index (χ2v) is 12.0. The summed E-state index contributed by atoms with van der Waals surface area (Å²) in [5.74, 6) is 0.224.